The maximum atomic E-state index is 11.5. The quantitative estimate of drug-likeness (QED) is 0.556. The van der Waals surface area contributed by atoms with Gasteiger partial charge in [0, 0.05) is 13.2 Å². The smallest absolute Gasteiger partial charge is 0.339 e. The number of rotatable bonds is 10. The fourth-order valence-corrected chi connectivity index (χ4v) is 2.07. The van der Waals surface area contributed by atoms with Crippen molar-refractivity contribution in [2.75, 3.05) is 31.7 Å². The molecule has 0 amide bonds. The van der Waals surface area contributed by atoms with Gasteiger partial charge < -0.3 is 20.3 Å². The van der Waals surface area contributed by atoms with Crippen molar-refractivity contribution in [2.24, 2.45) is 0 Å². The summed E-state index contributed by atoms with van der Waals surface area (Å²) in [7, 11) is 0. The molecule has 0 atom stereocenters. The van der Waals surface area contributed by atoms with Crippen LogP contribution in [0.3, 0.4) is 0 Å². The zero-order valence-electron chi connectivity index (χ0n) is 12.6. The number of carbonyl (C=O) groups is 1. The molecule has 0 aromatic carbocycles. The number of anilines is 1. The first kappa shape index (κ1) is 17.3. The third-order valence-corrected chi connectivity index (χ3v) is 3.05. The van der Waals surface area contributed by atoms with Crippen molar-refractivity contribution in [1.29, 1.82) is 0 Å². The fraction of sp³-hybridized carbons (Fsp3) is 0.643. The van der Waals surface area contributed by atoms with Crippen molar-refractivity contribution in [1.82, 2.24) is 10.2 Å². The van der Waals surface area contributed by atoms with E-state index in [0.717, 1.165) is 11.3 Å². The first-order valence-electron chi connectivity index (χ1n) is 7.19. The molecule has 0 aliphatic rings. The number of aromatic carboxylic acids is 1. The van der Waals surface area contributed by atoms with E-state index >= 15 is 0 Å². The lowest BCUT2D eigenvalue weighted by molar-refractivity contribution is 0.0696. The van der Waals surface area contributed by atoms with Gasteiger partial charge in [-0.05, 0) is 24.8 Å². The van der Waals surface area contributed by atoms with Gasteiger partial charge in [0.1, 0.15) is 5.56 Å². The topological polar surface area (TPSA) is 105 Å². The number of nitrogens with one attached hydrogen (secondary N) is 1. The highest BCUT2D eigenvalue weighted by atomic mass is 16.5. The van der Waals surface area contributed by atoms with Crippen molar-refractivity contribution >= 4 is 11.8 Å². The van der Waals surface area contributed by atoms with Gasteiger partial charge in [0.15, 0.2) is 5.82 Å². The maximum absolute atomic E-state index is 11.5. The Balaban J connectivity index is 2.75. The van der Waals surface area contributed by atoms with E-state index in [0.29, 0.717) is 44.8 Å². The lowest BCUT2D eigenvalue weighted by Crippen LogP contribution is -2.16. The number of aryl methyl sites for hydroxylation is 1. The highest BCUT2D eigenvalue weighted by Crippen LogP contribution is 2.20. The summed E-state index contributed by atoms with van der Waals surface area (Å²) in [5.74, 6) is -0.686. The van der Waals surface area contributed by atoms with Gasteiger partial charge >= 0.3 is 5.97 Å². The van der Waals surface area contributed by atoms with E-state index in [1.807, 2.05) is 13.8 Å². The molecule has 1 aromatic rings. The molecular weight excluding hydrogens is 274 g/mol. The van der Waals surface area contributed by atoms with Crippen LogP contribution in [0.25, 0.3) is 0 Å². The Morgan fingerprint density at radius 2 is 2.00 bits per heavy atom. The predicted octanol–water partition coefficient (Wildman–Crippen LogP) is 1.11. The van der Waals surface area contributed by atoms with Crippen LogP contribution in [0.15, 0.2) is 0 Å². The number of aliphatic hydroxyl groups excluding tert-OH is 1. The zero-order chi connectivity index (χ0) is 15.7. The summed E-state index contributed by atoms with van der Waals surface area (Å²) in [4.78, 5) is 11.5. The Bertz CT molecular complexity index is 466. The molecular formula is C14H23N3O4. The summed E-state index contributed by atoms with van der Waals surface area (Å²) in [5.41, 5.74) is 1.67. The van der Waals surface area contributed by atoms with Crippen LogP contribution in [0.2, 0.25) is 0 Å². The van der Waals surface area contributed by atoms with E-state index < -0.39 is 5.97 Å². The molecule has 118 valence electrons. The first-order valence-corrected chi connectivity index (χ1v) is 7.19. The summed E-state index contributed by atoms with van der Waals surface area (Å²) in [6.07, 6.45) is 1.96. The van der Waals surface area contributed by atoms with E-state index in [2.05, 4.69) is 15.5 Å². The Kier molecular flexibility index (Phi) is 7.63. The molecule has 1 heterocycles. The Labute approximate surface area is 124 Å². The zero-order valence-corrected chi connectivity index (χ0v) is 12.6. The van der Waals surface area contributed by atoms with Gasteiger partial charge in [-0.3, -0.25) is 0 Å². The molecule has 0 aliphatic heterocycles. The molecule has 0 saturated heterocycles. The standard InChI is InChI=1S/C14H23N3O4/c1-3-10-11(4-2)16-17-13(12(10)14(19)20)15-6-5-8-21-9-7-18/h18H,3-9H2,1-2H3,(H,15,17)(H,19,20). The van der Waals surface area contributed by atoms with Gasteiger partial charge in [-0.25, -0.2) is 4.79 Å². The summed E-state index contributed by atoms with van der Waals surface area (Å²) in [6.45, 7) is 5.19. The van der Waals surface area contributed by atoms with Crippen LogP contribution in [-0.2, 0) is 17.6 Å². The van der Waals surface area contributed by atoms with Crippen LogP contribution in [0.5, 0.6) is 0 Å². The number of ether oxygens (including phenoxy) is 1. The van der Waals surface area contributed by atoms with Crippen molar-refractivity contribution in [2.45, 2.75) is 33.1 Å². The first-order chi connectivity index (χ1) is 10.2. The predicted molar refractivity (Wildman–Crippen MR) is 78.8 cm³/mol. The third kappa shape index (κ3) is 4.95. The second kappa shape index (κ2) is 9.25. The van der Waals surface area contributed by atoms with E-state index in [9.17, 15) is 9.90 Å². The van der Waals surface area contributed by atoms with Crippen LogP contribution in [0.4, 0.5) is 5.82 Å². The van der Waals surface area contributed by atoms with Crippen molar-refractivity contribution < 1.29 is 19.7 Å². The largest absolute Gasteiger partial charge is 0.478 e. The average molecular weight is 297 g/mol. The van der Waals surface area contributed by atoms with Gasteiger partial charge in [0.25, 0.3) is 0 Å². The summed E-state index contributed by atoms with van der Waals surface area (Å²) in [6, 6.07) is 0. The Morgan fingerprint density at radius 1 is 1.24 bits per heavy atom. The number of aliphatic hydroxyl groups is 1. The average Bonchev–Trinajstić information content (AvgIpc) is 2.49. The highest BCUT2D eigenvalue weighted by molar-refractivity contribution is 5.95. The second-order valence-corrected chi connectivity index (χ2v) is 4.48. The molecule has 7 heteroatoms. The van der Waals surface area contributed by atoms with Gasteiger partial charge in [-0.1, -0.05) is 13.8 Å². The van der Waals surface area contributed by atoms with Crippen LogP contribution in [-0.4, -0.2) is 52.7 Å². The molecule has 0 spiro atoms. The van der Waals surface area contributed by atoms with Crippen molar-refractivity contribution in [3.05, 3.63) is 16.8 Å². The molecule has 3 N–H and O–H groups in total. The number of aromatic nitrogens is 2. The molecule has 0 bridgehead atoms. The van der Waals surface area contributed by atoms with Gasteiger partial charge in [-0.15, -0.1) is 5.10 Å². The van der Waals surface area contributed by atoms with Crippen LogP contribution >= 0.6 is 0 Å². The molecule has 0 unspecified atom stereocenters. The van der Waals surface area contributed by atoms with Gasteiger partial charge in [0.05, 0.1) is 18.9 Å². The summed E-state index contributed by atoms with van der Waals surface area (Å²) in [5, 5.41) is 29.1. The SMILES string of the molecule is CCc1nnc(NCCCOCCO)c(C(=O)O)c1CC. The second-order valence-electron chi connectivity index (χ2n) is 4.48. The number of hydrogen-bond acceptors (Lipinski definition) is 6. The number of carboxylic acids is 1. The molecule has 0 saturated carbocycles. The lowest BCUT2D eigenvalue weighted by atomic mass is 10.0. The number of hydrogen-bond donors (Lipinski definition) is 3. The van der Waals surface area contributed by atoms with E-state index in [4.69, 9.17) is 9.84 Å². The monoisotopic (exact) mass is 297 g/mol. The van der Waals surface area contributed by atoms with Crippen LogP contribution in [0, 0.1) is 0 Å². The minimum absolute atomic E-state index is 0.000403. The molecule has 1 rings (SSSR count). The molecule has 7 nitrogen and oxygen atoms in total. The molecule has 21 heavy (non-hydrogen) atoms. The van der Waals surface area contributed by atoms with E-state index in [1.165, 1.54) is 0 Å². The maximum Gasteiger partial charge on any atom is 0.339 e. The summed E-state index contributed by atoms with van der Waals surface area (Å²) >= 11 is 0. The minimum atomic E-state index is -0.990. The van der Waals surface area contributed by atoms with E-state index in [1.54, 1.807) is 0 Å². The number of nitrogens with zero attached hydrogens (tertiary/aromatic N) is 2. The van der Waals surface area contributed by atoms with Gasteiger partial charge in [0.2, 0.25) is 0 Å². The lowest BCUT2D eigenvalue weighted by Gasteiger charge is -2.13. The van der Waals surface area contributed by atoms with Crippen LogP contribution < -0.4 is 5.32 Å². The molecule has 0 aliphatic carbocycles. The molecule has 0 radical (unpaired) electrons. The van der Waals surface area contributed by atoms with Crippen molar-refractivity contribution in [3.8, 4) is 0 Å². The summed E-state index contributed by atoms with van der Waals surface area (Å²) < 4.78 is 5.14. The third-order valence-electron chi connectivity index (χ3n) is 3.05. The molecule has 0 fully saturated rings. The highest BCUT2D eigenvalue weighted by Gasteiger charge is 2.19. The van der Waals surface area contributed by atoms with Crippen molar-refractivity contribution in [3.63, 3.8) is 0 Å². The molecule has 1 aromatic heterocycles. The minimum Gasteiger partial charge on any atom is -0.478 e. The Morgan fingerprint density at radius 3 is 2.57 bits per heavy atom. The fourth-order valence-electron chi connectivity index (χ4n) is 2.07. The number of carboxylic acid groups (broad SMARTS) is 1. The van der Waals surface area contributed by atoms with E-state index in [-0.39, 0.29) is 12.2 Å². The Hall–Kier alpha value is -1.73. The van der Waals surface area contributed by atoms with Crippen LogP contribution in [0.1, 0.15) is 41.9 Å². The van der Waals surface area contributed by atoms with Gasteiger partial charge in [-0.2, -0.15) is 5.10 Å². The normalized spacial score (nSPS) is 10.6.